The predicted molar refractivity (Wildman–Crippen MR) is 94.0 cm³/mol. The van der Waals surface area contributed by atoms with Crippen molar-refractivity contribution < 1.29 is 14.3 Å². The van der Waals surface area contributed by atoms with Gasteiger partial charge in [0.25, 0.3) is 0 Å². The lowest BCUT2D eigenvalue weighted by Gasteiger charge is -2.25. The van der Waals surface area contributed by atoms with Crippen LogP contribution in [0.3, 0.4) is 0 Å². The van der Waals surface area contributed by atoms with Crippen molar-refractivity contribution in [2.24, 2.45) is 0 Å². The van der Waals surface area contributed by atoms with Crippen LogP contribution in [0, 0.1) is 12.7 Å². The van der Waals surface area contributed by atoms with Gasteiger partial charge >= 0.3 is 6.03 Å². The van der Waals surface area contributed by atoms with Gasteiger partial charge in [0.2, 0.25) is 0 Å². The quantitative estimate of drug-likeness (QED) is 0.720. The molecule has 3 N–H and O–H groups in total. The van der Waals surface area contributed by atoms with Gasteiger partial charge in [0.15, 0.2) is 0 Å². The molecule has 1 aromatic carbocycles. The predicted octanol–water partition coefficient (Wildman–Crippen LogP) is 2.67. The van der Waals surface area contributed by atoms with Crippen LogP contribution in [-0.2, 0) is 6.54 Å². The smallest absolute Gasteiger partial charge is 0.315 e. The molecule has 0 fully saturated rings. The number of nitrogens with one attached hydrogen (secondary N) is 2. The number of rotatable bonds is 7. The Morgan fingerprint density at radius 2 is 2.04 bits per heavy atom. The van der Waals surface area contributed by atoms with Crippen LogP contribution in [0.5, 0.6) is 0 Å². The minimum absolute atomic E-state index is 0.180. The number of halogens is 1. The third kappa shape index (κ3) is 4.79. The van der Waals surface area contributed by atoms with Gasteiger partial charge < -0.3 is 20.3 Å². The van der Waals surface area contributed by atoms with Crippen molar-refractivity contribution in [3.63, 3.8) is 0 Å². The Bertz CT molecular complexity index is 726. The first-order chi connectivity index (χ1) is 11.9. The van der Waals surface area contributed by atoms with Gasteiger partial charge in [0, 0.05) is 25.5 Å². The van der Waals surface area contributed by atoms with Gasteiger partial charge in [-0.05, 0) is 37.5 Å². The number of aryl methyl sites for hydroxylation is 1. The Morgan fingerprint density at radius 1 is 1.32 bits per heavy atom. The van der Waals surface area contributed by atoms with Crippen molar-refractivity contribution in [1.29, 1.82) is 0 Å². The Labute approximate surface area is 147 Å². The topological polar surface area (TPSA) is 79.2 Å². The van der Waals surface area contributed by atoms with Crippen molar-refractivity contribution in [1.82, 2.24) is 20.2 Å². The molecule has 0 bridgehead atoms. The van der Waals surface area contributed by atoms with Crippen LogP contribution < -0.4 is 10.6 Å². The van der Waals surface area contributed by atoms with Gasteiger partial charge in [0.1, 0.15) is 11.6 Å². The van der Waals surface area contributed by atoms with Crippen LogP contribution in [0.25, 0.3) is 5.69 Å². The Kier molecular flexibility index (Phi) is 6.14. The molecule has 0 aliphatic carbocycles. The molecule has 0 saturated carbocycles. The standard InChI is InChI=1S/C18H25FN4O2/c1-4-18(25,5-2)12-22-17(24)21-11-14-6-7-16(15(19)10-14)23-9-8-20-13(23)3/h6-10,25H,4-5,11-12H2,1-3H3,(H2,21,22,24). The minimum atomic E-state index is -0.895. The molecular formula is C18H25FN4O2. The average Bonchev–Trinajstić information content (AvgIpc) is 3.03. The van der Waals surface area contributed by atoms with E-state index in [-0.39, 0.29) is 18.9 Å². The molecule has 2 amide bonds. The van der Waals surface area contributed by atoms with Crippen LogP contribution in [0.4, 0.5) is 9.18 Å². The molecular weight excluding hydrogens is 323 g/mol. The normalized spacial score (nSPS) is 11.4. The van der Waals surface area contributed by atoms with Crippen LogP contribution in [0.15, 0.2) is 30.6 Å². The maximum Gasteiger partial charge on any atom is 0.315 e. The van der Waals surface area contributed by atoms with Gasteiger partial charge in [-0.25, -0.2) is 14.2 Å². The number of carbonyl (C=O) groups excluding carboxylic acids is 1. The third-order valence-corrected chi connectivity index (χ3v) is 4.44. The molecule has 1 aromatic heterocycles. The van der Waals surface area contributed by atoms with Crippen molar-refractivity contribution in [2.75, 3.05) is 6.54 Å². The summed E-state index contributed by atoms with van der Waals surface area (Å²) in [5.74, 6) is 0.315. The largest absolute Gasteiger partial charge is 0.388 e. The second-order valence-corrected chi connectivity index (χ2v) is 6.10. The molecule has 2 rings (SSSR count). The molecule has 0 saturated heterocycles. The van der Waals surface area contributed by atoms with E-state index in [4.69, 9.17) is 0 Å². The van der Waals surface area contributed by atoms with E-state index >= 15 is 0 Å². The van der Waals surface area contributed by atoms with Crippen LogP contribution in [-0.4, -0.2) is 32.8 Å². The molecule has 1 heterocycles. The van der Waals surface area contributed by atoms with Gasteiger partial charge in [-0.15, -0.1) is 0 Å². The van der Waals surface area contributed by atoms with E-state index in [2.05, 4.69) is 15.6 Å². The van der Waals surface area contributed by atoms with Crippen molar-refractivity contribution >= 4 is 6.03 Å². The fourth-order valence-electron chi connectivity index (χ4n) is 2.48. The van der Waals surface area contributed by atoms with Crippen LogP contribution in [0.1, 0.15) is 38.1 Å². The molecule has 0 spiro atoms. The number of aliphatic hydroxyl groups is 1. The van der Waals surface area contributed by atoms with E-state index in [9.17, 15) is 14.3 Å². The van der Waals surface area contributed by atoms with E-state index in [1.54, 1.807) is 36.0 Å². The lowest BCUT2D eigenvalue weighted by Crippen LogP contribution is -2.45. The number of hydrogen-bond donors (Lipinski definition) is 3. The zero-order valence-electron chi connectivity index (χ0n) is 14.8. The number of imidazole rings is 1. The summed E-state index contributed by atoms with van der Waals surface area (Å²) in [6.07, 6.45) is 4.43. The highest BCUT2D eigenvalue weighted by Crippen LogP contribution is 2.17. The lowest BCUT2D eigenvalue weighted by molar-refractivity contribution is 0.0349. The SMILES string of the molecule is CCC(O)(CC)CNC(=O)NCc1ccc(-n2ccnc2C)c(F)c1. The first-order valence-electron chi connectivity index (χ1n) is 8.41. The van der Waals surface area contributed by atoms with E-state index in [1.165, 1.54) is 6.07 Å². The fourth-order valence-corrected chi connectivity index (χ4v) is 2.48. The molecule has 0 atom stereocenters. The van der Waals surface area contributed by atoms with Gasteiger partial charge in [-0.3, -0.25) is 0 Å². The first-order valence-corrected chi connectivity index (χ1v) is 8.41. The summed E-state index contributed by atoms with van der Waals surface area (Å²) < 4.78 is 16.0. The summed E-state index contributed by atoms with van der Waals surface area (Å²) in [7, 11) is 0. The van der Waals surface area contributed by atoms with E-state index in [1.807, 2.05) is 13.8 Å². The van der Waals surface area contributed by atoms with Gasteiger partial charge in [-0.2, -0.15) is 0 Å². The number of carbonyl (C=O) groups is 1. The summed E-state index contributed by atoms with van der Waals surface area (Å²) in [6, 6.07) is 4.41. The zero-order valence-corrected chi connectivity index (χ0v) is 14.8. The molecule has 7 heteroatoms. The molecule has 0 aliphatic rings. The molecule has 2 aromatic rings. The zero-order chi connectivity index (χ0) is 18.4. The third-order valence-electron chi connectivity index (χ3n) is 4.44. The summed E-state index contributed by atoms with van der Waals surface area (Å²) in [5, 5.41) is 15.5. The number of amides is 2. The first kappa shape index (κ1) is 18.9. The lowest BCUT2D eigenvalue weighted by atomic mass is 9.98. The second-order valence-electron chi connectivity index (χ2n) is 6.10. The highest BCUT2D eigenvalue weighted by atomic mass is 19.1. The Hall–Kier alpha value is -2.41. The van der Waals surface area contributed by atoms with Crippen molar-refractivity contribution in [2.45, 2.75) is 45.8 Å². The second kappa shape index (κ2) is 8.11. The molecule has 0 aliphatic heterocycles. The number of hydrogen-bond acceptors (Lipinski definition) is 3. The Balaban J connectivity index is 1.92. The van der Waals surface area contributed by atoms with Gasteiger partial charge in [-0.1, -0.05) is 19.9 Å². The molecule has 0 radical (unpaired) electrons. The highest BCUT2D eigenvalue weighted by molar-refractivity contribution is 5.73. The fraction of sp³-hybridized carbons (Fsp3) is 0.444. The van der Waals surface area contributed by atoms with E-state index < -0.39 is 11.6 Å². The van der Waals surface area contributed by atoms with Crippen molar-refractivity contribution in [3.8, 4) is 5.69 Å². The number of benzene rings is 1. The molecule has 0 unspecified atom stereocenters. The van der Waals surface area contributed by atoms with E-state index in [0.717, 1.165) is 0 Å². The number of urea groups is 1. The van der Waals surface area contributed by atoms with Gasteiger partial charge in [0.05, 0.1) is 11.3 Å². The molecule has 136 valence electrons. The number of aromatic nitrogens is 2. The monoisotopic (exact) mass is 348 g/mol. The molecule has 25 heavy (non-hydrogen) atoms. The maximum absolute atomic E-state index is 14.3. The summed E-state index contributed by atoms with van der Waals surface area (Å²) in [5.41, 5.74) is 0.169. The summed E-state index contributed by atoms with van der Waals surface area (Å²) in [4.78, 5) is 15.9. The van der Waals surface area contributed by atoms with E-state index in [0.29, 0.717) is 29.9 Å². The summed E-state index contributed by atoms with van der Waals surface area (Å²) in [6.45, 7) is 5.92. The minimum Gasteiger partial charge on any atom is -0.388 e. The van der Waals surface area contributed by atoms with Crippen LogP contribution >= 0.6 is 0 Å². The van der Waals surface area contributed by atoms with Crippen LogP contribution in [0.2, 0.25) is 0 Å². The summed E-state index contributed by atoms with van der Waals surface area (Å²) >= 11 is 0. The maximum atomic E-state index is 14.3. The Morgan fingerprint density at radius 3 is 2.60 bits per heavy atom. The highest BCUT2D eigenvalue weighted by Gasteiger charge is 2.22. The average molecular weight is 348 g/mol. The number of nitrogens with zero attached hydrogens (tertiary/aromatic N) is 2. The van der Waals surface area contributed by atoms with Crippen molar-refractivity contribution in [3.05, 3.63) is 47.8 Å². The molecule has 6 nitrogen and oxygen atoms in total.